The Morgan fingerprint density at radius 1 is 1.29 bits per heavy atom. The van der Waals surface area contributed by atoms with Crippen LogP contribution in [0, 0.1) is 5.82 Å². The standard InChI is InChI=1S/C16H15BrFNO2/c1-21-9-8-11-4-2-3-5-15(11)19-16(20)12-6-7-14(18)13(17)10-12/h2-7,10H,8-9H2,1H3,(H,19,20). The molecule has 0 fully saturated rings. The summed E-state index contributed by atoms with van der Waals surface area (Å²) in [5.41, 5.74) is 2.12. The maximum Gasteiger partial charge on any atom is 0.255 e. The Morgan fingerprint density at radius 3 is 2.76 bits per heavy atom. The van der Waals surface area contributed by atoms with Gasteiger partial charge in [-0.25, -0.2) is 4.39 Å². The van der Waals surface area contributed by atoms with Crippen molar-refractivity contribution in [1.82, 2.24) is 0 Å². The Hall–Kier alpha value is -1.72. The van der Waals surface area contributed by atoms with Crippen molar-refractivity contribution in [3.8, 4) is 0 Å². The summed E-state index contributed by atoms with van der Waals surface area (Å²) in [5, 5.41) is 2.84. The first kappa shape index (κ1) is 15.7. The van der Waals surface area contributed by atoms with Gasteiger partial charge >= 0.3 is 0 Å². The fourth-order valence-corrected chi connectivity index (χ4v) is 2.28. The van der Waals surface area contributed by atoms with Gasteiger partial charge in [0.25, 0.3) is 5.91 Å². The molecule has 0 saturated heterocycles. The van der Waals surface area contributed by atoms with Crippen molar-refractivity contribution in [3.63, 3.8) is 0 Å². The Bertz CT molecular complexity index is 646. The fraction of sp³-hybridized carbons (Fsp3) is 0.188. The van der Waals surface area contributed by atoms with E-state index < -0.39 is 5.82 Å². The third-order valence-electron chi connectivity index (χ3n) is 3.02. The molecule has 2 aromatic carbocycles. The number of halogens is 2. The van der Waals surface area contributed by atoms with Crippen LogP contribution in [0.5, 0.6) is 0 Å². The average Bonchev–Trinajstić information content (AvgIpc) is 2.49. The Balaban J connectivity index is 2.17. The molecule has 110 valence electrons. The Kier molecular flexibility index (Phi) is 5.47. The molecule has 0 unspecified atom stereocenters. The molecule has 1 amide bonds. The summed E-state index contributed by atoms with van der Waals surface area (Å²) in [6, 6.07) is 11.7. The normalized spacial score (nSPS) is 10.4. The van der Waals surface area contributed by atoms with Gasteiger partial charge in [0.2, 0.25) is 0 Å². The molecule has 0 aliphatic carbocycles. The first-order valence-electron chi connectivity index (χ1n) is 6.45. The van der Waals surface area contributed by atoms with Crippen LogP contribution >= 0.6 is 15.9 Å². The van der Waals surface area contributed by atoms with E-state index in [1.165, 1.54) is 18.2 Å². The maximum absolute atomic E-state index is 13.2. The van der Waals surface area contributed by atoms with Gasteiger partial charge in [0, 0.05) is 18.4 Å². The lowest BCUT2D eigenvalue weighted by Crippen LogP contribution is -2.14. The van der Waals surface area contributed by atoms with Crippen molar-refractivity contribution in [3.05, 3.63) is 63.9 Å². The first-order chi connectivity index (χ1) is 10.1. The molecule has 1 N–H and O–H groups in total. The minimum atomic E-state index is -0.396. The van der Waals surface area contributed by atoms with Crippen molar-refractivity contribution in [2.24, 2.45) is 0 Å². The van der Waals surface area contributed by atoms with Crippen LogP contribution in [-0.2, 0) is 11.2 Å². The summed E-state index contributed by atoms with van der Waals surface area (Å²) in [5.74, 6) is -0.674. The number of hydrogen-bond donors (Lipinski definition) is 1. The topological polar surface area (TPSA) is 38.3 Å². The van der Waals surface area contributed by atoms with Gasteiger partial charge in [0.15, 0.2) is 0 Å². The summed E-state index contributed by atoms with van der Waals surface area (Å²) in [4.78, 5) is 12.2. The minimum absolute atomic E-state index is 0.266. The Morgan fingerprint density at radius 2 is 2.05 bits per heavy atom. The lowest BCUT2D eigenvalue weighted by Gasteiger charge is -2.11. The molecule has 0 spiro atoms. The third kappa shape index (κ3) is 4.12. The molecule has 3 nitrogen and oxygen atoms in total. The lowest BCUT2D eigenvalue weighted by molar-refractivity contribution is 0.102. The second kappa shape index (κ2) is 7.33. The SMILES string of the molecule is COCCc1ccccc1NC(=O)c1ccc(F)c(Br)c1. The molecule has 0 aromatic heterocycles. The molecule has 0 saturated carbocycles. The number of carbonyl (C=O) groups excluding carboxylic acids is 1. The van der Waals surface area contributed by atoms with Crippen molar-refractivity contribution in [2.45, 2.75) is 6.42 Å². The number of nitrogens with one attached hydrogen (secondary N) is 1. The van der Waals surface area contributed by atoms with Gasteiger partial charge in [-0.3, -0.25) is 4.79 Å². The van der Waals surface area contributed by atoms with Crippen LogP contribution in [0.15, 0.2) is 46.9 Å². The molecule has 21 heavy (non-hydrogen) atoms. The third-order valence-corrected chi connectivity index (χ3v) is 3.63. The summed E-state index contributed by atoms with van der Waals surface area (Å²) in [6.45, 7) is 0.578. The molecule has 5 heteroatoms. The highest BCUT2D eigenvalue weighted by atomic mass is 79.9. The van der Waals surface area contributed by atoms with Gasteiger partial charge in [-0.05, 0) is 52.2 Å². The van der Waals surface area contributed by atoms with Crippen molar-refractivity contribution in [2.75, 3.05) is 19.0 Å². The molecule has 0 radical (unpaired) electrons. The number of methoxy groups -OCH3 is 1. The highest BCUT2D eigenvalue weighted by Gasteiger charge is 2.10. The summed E-state index contributed by atoms with van der Waals surface area (Å²) in [6.07, 6.45) is 0.708. The average molecular weight is 352 g/mol. The van der Waals surface area contributed by atoms with Gasteiger partial charge in [-0.2, -0.15) is 0 Å². The molecule has 0 heterocycles. The fourth-order valence-electron chi connectivity index (χ4n) is 1.90. The number of benzene rings is 2. The largest absolute Gasteiger partial charge is 0.384 e. The molecule has 2 aromatic rings. The quantitative estimate of drug-likeness (QED) is 0.882. The smallest absolute Gasteiger partial charge is 0.255 e. The molecule has 2 rings (SSSR count). The monoisotopic (exact) mass is 351 g/mol. The van der Waals surface area contributed by atoms with Gasteiger partial charge in [-0.15, -0.1) is 0 Å². The van der Waals surface area contributed by atoms with Crippen molar-refractivity contribution < 1.29 is 13.9 Å². The number of ether oxygens (including phenoxy) is 1. The summed E-state index contributed by atoms with van der Waals surface area (Å²) >= 11 is 3.08. The predicted octanol–water partition coefficient (Wildman–Crippen LogP) is 4.03. The number of hydrogen-bond acceptors (Lipinski definition) is 2. The van der Waals surface area contributed by atoms with Crippen molar-refractivity contribution >= 4 is 27.5 Å². The highest BCUT2D eigenvalue weighted by Crippen LogP contribution is 2.20. The van der Waals surface area contributed by atoms with E-state index in [1.807, 2.05) is 24.3 Å². The number of rotatable bonds is 5. The zero-order valence-corrected chi connectivity index (χ0v) is 13.1. The van der Waals surface area contributed by atoms with E-state index in [-0.39, 0.29) is 10.4 Å². The second-order valence-corrected chi connectivity index (χ2v) is 5.34. The van der Waals surface area contributed by atoms with Gasteiger partial charge < -0.3 is 10.1 Å². The van der Waals surface area contributed by atoms with E-state index in [2.05, 4.69) is 21.2 Å². The zero-order chi connectivity index (χ0) is 15.2. The molecule has 0 aliphatic heterocycles. The van der Waals surface area contributed by atoms with E-state index in [4.69, 9.17) is 4.74 Å². The highest BCUT2D eigenvalue weighted by molar-refractivity contribution is 9.10. The maximum atomic E-state index is 13.2. The van der Waals surface area contributed by atoms with E-state index in [0.29, 0.717) is 18.6 Å². The predicted molar refractivity (Wildman–Crippen MR) is 84.1 cm³/mol. The number of anilines is 1. The summed E-state index contributed by atoms with van der Waals surface area (Å²) in [7, 11) is 1.64. The van der Waals surface area contributed by atoms with Crippen LogP contribution in [0.4, 0.5) is 10.1 Å². The van der Waals surface area contributed by atoms with Crippen LogP contribution in [0.25, 0.3) is 0 Å². The number of para-hydroxylation sites is 1. The number of amides is 1. The zero-order valence-electron chi connectivity index (χ0n) is 11.5. The first-order valence-corrected chi connectivity index (χ1v) is 7.24. The Labute approximate surface area is 131 Å². The molecule has 0 bridgehead atoms. The van der Waals surface area contributed by atoms with Gasteiger partial charge in [-0.1, -0.05) is 18.2 Å². The number of carbonyl (C=O) groups is 1. The van der Waals surface area contributed by atoms with Crippen LogP contribution < -0.4 is 5.32 Å². The van der Waals surface area contributed by atoms with E-state index >= 15 is 0 Å². The summed E-state index contributed by atoms with van der Waals surface area (Å²) < 4.78 is 18.5. The minimum Gasteiger partial charge on any atom is -0.384 e. The van der Waals surface area contributed by atoms with Gasteiger partial charge in [0.05, 0.1) is 11.1 Å². The van der Waals surface area contributed by atoms with Gasteiger partial charge in [0.1, 0.15) is 5.82 Å². The second-order valence-electron chi connectivity index (χ2n) is 4.48. The molecule has 0 atom stereocenters. The van der Waals surface area contributed by atoms with Crippen LogP contribution in [0.2, 0.25) is 0 Å². The lowest BCUT2D eigenvalue weighted by atomic mass is 10.1. The molecular weight excluding hydrogens is 337 g/mol. The van der Waals surface area contributed by atoms with E-state index in [0.717, 1.165) is 11.3 Å². The van der Waals surface area contributed by atoms with Crippen LogP contribution in [0.3, 0.4) is 0 Å². The van der Waals surface area contributed by atoms with E-state index in [9.17, 15) is 9.18 Å². The van der Waals surface area contributed by atoms with Crippen LogP contribution in [0.1, 0.15) is 15.9 Å². The van der Waals surface area contributed by atoms with Crippen LogP contribution in [-0.4, -0.2) is 19.6 Å². The molecule has 0 aliphatic rings. The molecular formula is C16H15BrFNO2. The van der Waals surface area contributed by atoms with E-state index in [1.54, 1.807) is 7.11 Å². The van der Waals surface area contributed by atoms with Crippen molar-refractivity contribution in [1.29, 1.82) is 0 Å².